The Balaban J connectivity index is 2.50. The molecule has 0 heterocycles. The highest BCUT2D eigenvalue weighted by atomic mass is 16.5. The lowest BCUT2D eigenvalue weighted by Crippen LogP contribution is -2.53. The summed E-state index contributed by atoms with van der Waals surface area (Å²) in [5.74, 6) is -0.565. The summed E-state index contributed by atoms with van der Waals surface area (Å²) in [5.41, 5.74) is 4.74. The van der Waals surface area contributed by atoms with Crippen LogP contribution < -0.4 is 10.5 Å². The van der Waals surface area contributed by atoms with E-state index in [1.165, 1.54) is 0 Å². The maximum Gasteiger partial charge on any atom is 0.326 e. The Morgan fingerprint density at radius 3 is 2.45 bits per heavy atom. The van der Waals surface area contributed by atoms with E-state index in [-0.39, 0.29) is 6.42 Å². The summed E-state index contributed by atoms with van der Waals surface area (Å²) in [6, 6.07) is 7.40. The summed E-state index contributed by atoms with van der Waals surface area (Å²) in [5, 5.41) is 27.8. The molecule has 0 radical (unpaired) electrons. The van der Waals surface area contributed by atoms with Crippen molar-refractivity contribution in [3.05, 3.63) is 29.8 Å². The molecule has 1 rings (SSSR count). The predicted molar refractivity (Wildman–Crippen MR) is 73.6 cm³/mol. The number of carbonyl (C=O) groups is 1. The molecule has 2 atom stereocenters. The lowest BCUT2D eigenvalue weighted by atomic mass is 9.91. The number of ether oxygens (including phenoxy) is 1. The maximum absolute atomic E-state index is 10.9. The van der Waals surface area contributed by atoms with Crippen LogP contribution in [-0.2, 0) is 11.2 Å². The summed E-state index contributed by atoms with van der Waals surface area (Å²) in [6.07, 6.45) is -0.106. The van der Waals surface area contributed by atoms with Gasteiger partial charge in [0.25, 0.3) is 0 Å². The van der Waals surface area contributed by atoms with Gasteiger partial charge in [0, 0.05) is 6.42 Å². The van der Waals surface area contributed by atoms with Crippen LogP contribution in [0.4, 0.5) is 0 Å². The molecular formula is C14H21NO5. The first-order valence-corrected chi connectivity index (χ1v) is 6.35. The van der Waals surface area contributed by atoms with E-state index in [2.05, 4.69) is 0 Å². The van der Waals surface area contributed by atoms with Crippen molar-refractivity contribution in [3.63, 3.8) is 0 Å². The third-order valence-electron chi connectivity index (χ3n) is 3.23. The van der Waals surface area contributed by atoms with Gasteiger partial charge in [-0.2, -0.15) is 0 Å². The minimum atomic E-state index is -1.79. The van der Waals surface area contributed by atoms with Crippen LogP contribution in [0.5, 0.6) is 5.75 Å². The molecule has 0 bridgehead atoms. The van der Waals surface area contributed by atoms with Crippen LogP contribution in [0.2, 0.25) is 0 Å². The number of methoxy groups -OCH3 is 1. The van der Waals surface area contributed by atoms with E-state index in [0.717, 1.165) is 11.3 Å². The van der Waals surface area contributed by atoms with Gasteiger partial charge in [-0.3, -0.25) is 4.79 Å². The summed E-state index contributed by atoms with van der Waals surface area (Å²) < 4.78 is 5.04. The third-order valence-corrected chi connectivity index (χ3v) is 3.23. The molecular weight excluding hydrogens is 262 g/mol. The maximum atomic E-state index is 10.9. The first-order chi connectivity index (χ1) is 9.41. The fraction of sp³-hybridized carbons (Fsp3) is 0.500. The average Bonchev–Trinajstić information content (AvgIpc) is 2.45. The molecule has 0 saturated heterocycles. The number of benzene rings is 1. The van der Waals surface area contributed by atoms with Crippen LogP contribution in [0.3, 0.4) is 0 Å². The van der Waals surface area contributed by atoms with Gasteiger partial charge in [0.2, 0.25) is 0 Å². The summed E-state index contributed by atoms with van der Waals surface area (Å²) in [6.45, 7) is -0.706. The Hall–Kier alpha value is -1.63. The molecule has 0 aromatic heterocycles. The first kappa shape index (κ1) is 16.4. The van der Waals surface area contributed by atoms with Crippen molar-refractivity contribution in [1.82, 2.24) is 0 Å². The minimum Gasteiger partial charge on any atom is -0.497 e. The number of hydrogen-bond donors (Lipinski definition) is 4. The number of carboxylic acids is 1. The largest absolute Gasteiger partial charge is 0.497 e. The van der Waals surface area contributed by atoms with E-state index < -0.39 is 24.2 Å². The topological polar surface area (TPSA) is 113 Å². The lowest BCUT2D eigenvalue weighted by molar-refractivity contribution is -0.146. The van der Waals surface area contributed by atoms with Gasteiger partial charge < -0.3 is 25.8 Å². The SMILES string of the molecule is COc1ccc(CCC(O)CC(N)(CO)C(=O)O)cc1. The lowest BCUT2D eigenvalue weighted by Gasteiger charge is -2.24. The number of aryl methyl sites for hydroxylation is 1. The second-order valence-electron chi connectivity index (χ2n) is 4.86. The van der Waals surface area contributed by atoms with Crippen LogP contribution in [0.15, 0.2) is 24.3 Å². The van der Waals surface area contributed by atoms with Gasteiger partial charge in [0.1, 0.15) is 11.3 Å². The van der Waals surface area contributed by atoms with Crippen molar-refractivity contribution in [2.45, 2.75) is 30.9 Å². The molecule has 1 aromatic rings. The van der Waals surface area contributed by atoms with Crippen molar-refractivity contribution >= 4 is 5.97 Å². The number of carboxylic acid groups (broad SMARTS) is 1. The minimum absolute atomic E-state index is 0.186. The molecule has 6 heteroatoms. The highest BCUT2D eigenvalue weighted by Gasteiger charge is 2.35. The number of rotatable bonds is 8. The van der Waals surface area contributed by atoms with Gasteiger partial charge in [-0.25, -0.2) is 0 Å². The summed E-state index contributed by atoms with van der Waals surface area (Å²) in [7, 11) is 1.58. The number of hydrogen-bond acceptors (Lipinski definition) is 5. The summed E-state index contributed by atoms with van der Waals surface area (Å²) in [4.78, 5) is 10.9. The van der Waals surface area contributed by atoms with Gasteiger partial charge in [0.05, 0.1) is 19.8 Å². The second kappa shape index (κ2) is 7.23. The van der Waals surface area contributed by atoms with Crippen LogP contribution in [-0.4, -0.2) is 46.6 Å². The second-order valence-corrected chi connectivity index (χ2v) is 4.86. The van der Waals surface area contributed by atoms with E-state index in [1.807, 2.05) is 24.3 Å². The molecule has 112 valence electrons. The summed E-state index contributed by atoms with van der Waals surface area (Å²) >= 11 is 0. The Labute approximate surface area is 117 Å². The van der Waals surface area contributed by atoms with Crippen LogP contribution in [0.25, 0.3) is 0 Å². The Morgan fingerprint density at radius 1 is 1.40 bits per heavy atom. The predicted octanol–water partition coefficient (Wildman–Crippen LogP) is 0.153. The highest BCUT2D eigenvalue weighted by Crippen LogP contribution is 2.16. The van der Waals surface area contributed by atoms with Crippen molar-refractivity contribution in [3.8, 4) is 5.75 Å². The molecule has 0 aliphatic carbocycles. The van der Waals surface area contributed by atoms with Crippen LogP contribution in [0, 0.1) is 0 Å². The van der Waals surface area contributed by atoms with Crippen molar-refractivity contribution in [2.24, 2.45) is 5.73 Å². The molecule has 6 nitrogen and oxygen atoms in total. The molecule has 5 N–H and O–H groups in total. The van der Waals surface area contributed by atoms with E-state index in [0.29, 0.717) is 12.8 Å². The molecule has 0 amide bonds. The van der Waals surface area contributed by atoms with Gasteiger partial charge in [-0.05, 0) is 30.5 Å². The van der Waals surface area contributed by atoms with E-state index in [4.69, 9.17) is 20.7 Å². The van der Waals surface area contributed by atoms with Gasteiger partial charge >= 0.3 is 5.97 Å². The Morgan fingerprint density at radius 2 is 2.00 bits per heavy atom. The number of nitrogens with two attached hydrogens (primary N) is 1. The fourth-order valence-corrected chi connectivity index (χ4v) is 1.87. The zero-order chi connectivity index (χ0) is 15.2. The molecule has 0 saturated carbocycles. The van der Waals surface area contributed by atoms with Crippen molar-refractivity contribution < 1.29 is 24.9 Å². The molecule has 20 heavy (non-hydrogen) atoms. The van der Waals surface area contributed by atoms with E-state index in [1.54, 1.807) is 7.11 Å². The molecule has 0 aliphatic rings. The standard InChI is InChI=1S/C14H21NO5/c1-20-12-6-3-10(4-7-12)2-5-11(17)8-14(15,9-16)13(18)19/h3-4,6-7,11,16-17H,2,5,8-9,15H2,1H3,(H,18,19). The number of aliphatic hydroxyl groups is 2. The van der Waals surface area contributed by atoms with Gasteiger partial charge in [0.15, 0.2) is 0 Å². The van der Waals surface area contributed by atoms with Crippen LogP contribution in [0.1, 0.15) is 18.4 Å². The zero-order valence-corrected chi connectivity index (χ0v) is 11.5. The fourth-order valence-electron chi connectivity index (χ4n) is 1.87. The van der Waals surface area contributed by atoms with Gasteiger partial charge in [-0.1, -0.05) is 12.1 Å². The monoisotopic (exact) mass is 283 g/mol. The molecule has 0 spiro atoms. The average molecular weight is 283 g/mol. The van der Waals surface area contributed by atoms with Crippen LogP contribution >= 0.6 is 0 Å². The first-order valence-electron chi connectivity index (χ1n) is 6.35. The smallest absolute Gasteiger partial charge is 0.326 e. The third kappa shape index (κ3) is 4.48. The molecule has 0 fully saturated rings. The Bertz CT molecular complexity index is 434. The highest BCUT2D eigenvalue weighted by molar-refractivity contribution is 5.78. The molecule has 1 aromatic carbocycles. The van der Waals surface area contributed by atoms with E-state index in [9.17, 15) is 9.90 Å². The number of aliphatic carboxylic acids is 1. The normalized spacial score (nSPS) is 15.4. The quantitative estimate of drug-likeness (QED) is 0.540. The zero-order valence-electron chi connectivity index (χ0n) is 11.5. The van der Waals surface area contributed by atoms with Crippen molar-refractivity contribution in [2.75, 3.05) is 13.7 Å². The van der Waals surface area contributed by atoms with Gasteiger partial charge in [-0.15, -0.1) is 0 Å². The Kier molecular flexibility index (Phi) is 5.94. The molecule has 2 unspecified atom stereocenters. The molecule has 0 aliphatic heterocycles. The van der Waals surface area contributed by atoms with E-state index >= 15 is 0 Å². The number of aliphatic hydroxyl groups excluding tert-OH is 2. The van der Waals surface area contributed by atoms with Crippen molar-refractivity contribution in [1.29, 1.82) is 0 Å².